The van der Waals surface area contributed by atoms with Crippen LogP contribution < -0.4 is 10.2 Å². The van der Waals surface area contributed by atoms with Gasteiger partial charge in [0, 0.05) is 24.1 Å². The Labute approximate surface area is 140 Å². The fourth-order valence-electron chi connectivity index (χ4n) is 2.44. The molecule has 3 N–H and O–H groups in total. The van der Waals surface area contributed by atoms with E-state index in [1.165, 1.54) is 17.1 Å². The summed E-state index contributed by atoms with van der Waals surface area (Å²) in [5.41, 5.74) is 1.60. The van der Waals surface area contributed by atoms with Crippen molar-refractivity contribution < 1.29 is 19.8 Å². The standard InChI is InChI=1S/C15H11NO2.C3H9NO2/c1-10-6-7-11-4-2-3-5-12(11)15(10)16-13(17)8-9-14(16)18;5-2-1-4-3-6/h2-9H,1H3;4-6H,1-3H2. The van der Waals surface area contributed by atoms with Gasteiger partial charge in [-0.1, -0.05) is 36.4 Å². The third-order valence-electron chi connectivity index (χ3n) is 3.54. The van der Waals surface area contributed by atoms with Crippen LogP contribution in [0.1, 0.15) is 5.56 Å². The highest BCUT2D eigenvalue weighted by Gasteiger charge is 2.27. The Morgan fingerprint density at radius 1 is 1.00 bits per heavy atom. The molecule has 0 saturated carbocycles. The Morgan fingerprint density at radius 2 is 1.67 bits per heavy atom. The van der Waals surface area contributed by atoms with Gasteiger partial charge in [-0.3, -0.25) is 14.9 Å². The van der Waals surface area contributed by atoms with Crippen molar-refractivity contribution in [2.45, 2.75) is 6.92 Å². The highest BCUT2D eigenvalue weighted by Crippen LogP contribution is 2.32. The molecule has 0 aliphatic carbocycles. The topological polar surface area (TPSA) is 89.9 Å². The van der Waals surface area contributed by atoms with Gasteiger partial charge in [0.05, 0.1) is 19.0 Å². The van der Waals surface area contributed by atoms with Crippen molar-refractivity contribution in [3.8, 4) is 0 Å². The quantitative estimate of drug-likeness (QED) is 0.444. The Morgan fingerprint density at radius 3 is 2.25 bits per heavy atom. The molecule has 24 heavy (non-hydrogen) atoms. The van der Waals surface area contributed by atoms with Crippen LogP contribution in [0.25, 0.3) is 10.8 Å². The van der Waals surface area contributed by atoms with E-state index in [9.17, 15) is 9.59 Å². The molecule has 0 fully saturated rings. The Balaban J connectivity index is 0.000000301. The van der Waals surface area contributed by atoms with Gasteiger partial charge in [0.15, 0.2) is 0 Å². The molecule has 0 atom stereocenters. The number of carbonyl (C=O) groups excluding carboxylic acids is 2. The molecule has 3 rings (SSSR count). The normalized spacial score (nSPS) is 13.4. The van der Waals surface area contributed by atoms with Crippen LogP contribution in [0.2, 0.25) is 0 Å². The van der Waals surface area contributed by atoms with Crippen LogP contribution in [0.5, 0.6) is 0 Å². The first-order valence-electron chi connectivity index (χ1n) is 7.57. The molecule has 0 bridgehead atoms. The first kappa shape index (κ1) is 17.8. The molecule has 1 aliphatic rings. The lowest BCUT2D eigenvalue weighted by atomic mass is 10.0. The van der Waals surface area contributed by atoms with Gasteiger partial charge in [0.2, 0.25) is 0 Å². The van der Waals surface area contributed by atoms with Crippen LogP contribution in [-0.4, -0.2) is 41.9 Å². The first-order chi connectivity index (χ1) is 11.6. The number of amides is 2. The van der Waals surface area contributed by atoms with Gasteiger partial charge in [-0.2, -0.15) is 0 Å². The highest BCUT2D eigenvalue weighted by molar-refractivity contribution is 6.30. The van der Waals surface area contributed by atoms with Crippen LogP contribution in [0, 0.1) is 6.92 Å². The summed E-state index contributed by atoms with van der Waals surface area (Å²) >= 11 is 0. The van der Waals surface area contributed by atoms with Crippen molar-refractivity contribution in [1.29, 1.82) is 0 Å². The number of rotatable bonds is 4. The molecule has 1 aliphatic heterocycles. The van der Waals surface area contributed by atoms with Crippen LogP contribution in [0.3, 0.4) is 0 Å². The Hall–Kier alpha value is -2.54. The number of aryl methyl sites for hydroxylation is 1. The summed E-state index contributed by atoms with van der Waals surface area (Å²) in [5, 5.41) is 20.4. The van der Waals surface area contributed by atoms with E-state index < -0.39 is 0 Å². The predicted molar refractivity (Wildman–Crippen MR) is 92.5 cm³/mol. The number of carbonyl (C=O) groups is 2. The molecule has 0 aromatic heterocycles. The first-order valence-corrected chi connectivity index (χ1v) is 7.57. The third-order valence-corrected chi connectivity index (χ3v) is 3.54. The number of hydrogen-bond acceptors (Lipinski definition) is 5. The van der Waals surface area contributed by atoms with Crippen LogP contribution >= 0.6 is 0 Å². The second-order valence-corrected chi connectivity index (χ2v) is 5.18. The molecular weight excluding hydrogens is 308 g/mol. The highest BCUT2D eigenvalue weighted by atomic mass is 16.3. The molecule has 0 spiro atoms. The molecule has 0 unspecified atom stereocenters. The van der Waals surface area contributed by atoms with Gasteiger partial charge >= 0.3 is 0 Å². The lowest BCUT2D eigenvalue weighted by Gasteiger charge is -2.19. The smallest absolute Gasteiger partial charge is 0.258 e. The zero-order valence-electron chi connectivity index (χ0n) is 13.4. The van der Waals surface area contributed by atoms with Crippen molar-refractivity contribution >= 4 is 28.3 Å². The van der Waals surface area contributed by atoms with E-state index in [1.54, 1.807) is 0 Å². The van der Waals surface area contributed by atoms with Crippen molar-refractivity contribution in [1.82, 2.24) is 5.32 Å². The fraction of sp³-hybridized carbons (Fsp3) is 0.222. The maximum absolute atomic E-state index is 11.8. The minimum Gasteiger partial charge on any atom is -0.395 e. The lowest BCUT2D eigenvalue weighted by Crippen LogP contribution is -2.30. The number of fused-ring (bicyclic) bond motifs is 1. The lowest BCUT2D eigenvalue weighted by molar-refractivity contribution is -0.119. The van der Waals surface area contributed by atoms with E-state index in [-0.39, 0.29) is 25.2 Å². The molecule has 1 heterocycles. The Kier molecular flexibility index (Phi) is 6.20. The fourth-order valence-corrected chi connectivity index (χ4v) is 2.44. The summed E-state index contributed by atoms with van der Waals surface area (Å²) in [6, 6.07) is 11.7. The summed E-state index contributed by atoms with van der Waals surface area (Å²) in [5.74, 6) is -0.557. The average Bonchev–Trinajstić information content (AvgIpc) is 2.92. The van der Waals surface area contributed by atoms with E-state index >= 15 is 0 Å². The van der Waals surface area contributed by atoms with E-state index in [0.29, 0.717) is 12.2 Å². The van der Waals surface area contributed by atoms with Gasteiger partial charge < -0.3 is 10.2 Å². The van der Waals surface area contributed by atoms with E-state index in [0.717, 1.165) is 16.3 Å². The van der Waals surface area contributed by atoms with E-state index in [2.05, 4.69) is 5.32 Å². The van der Waals surface area contributed by atoms with Crippen LogP contribution in [-0.2, 0) is 9.59 Å². The monoisotopic (exact) mass is 328 g/mol. The Bertz CT molecular complexity index is 749. The van der Waals surface area contributed by atoms with Crippen molar-refractivity contribution in [3.63, 3.8) is 0 Å². The molecule has 0 radical (unpaired) electrons. The summed E-state index contributed by atoms with van der Waals surface area (Å²) in [4.78, 5) is 24.8. The van der Waals surface area contributed by atoms with Gasteiger partial charge in [0.1, 0.15) is 0 Å². The van der Waals surface area contributed by atoms with Crippen molar-refractivity contribution in [2.24, 2.45) is 0 Å². The molecule has 2 amide bonds. The molecule has 2 aromatic rings. The largest absolute Gasteiger partial charge is 0.395 e. The number of imide groups is 1. The van der Waals surface area contributed by atoms with Crippen LogP contribution in [0.15, 0.2) is 48.6 Å². The minimum absolute atomic E-state index is 0.0550. The van der Waals surface area contributed by atoms with Crippen molar-refractivity contribution in [2.75, 3.05) is 24.8 Å². The minimum atomic E-state index is -0.278. The maximum atomic E-state index is 11.8. The van der Waals surface area contributed by atoms with Gasteiger partial charge in [-0.15, -0.1) is 0 Å². The number of nitrogens with zero attached hydrogens (tertiary/aromatic N) is 1. The van der Waals surface area contributed by atoms with Crippen molar-refractivity contribution in [3.05, 3.63) is 54.1 Å². The number of anilines is 1. The SMILES string of the molecule is Cc1ccc2ccccc2c1N1C(=O)C=CC1=O.OCCNCO. The molecule has 6 heteroatoms. The number of aliphatic hydroxyl groups excluding tert-OH is 2. The maximum Gasteiger partial charge on any atom is 0.258 e. The second kappa shape index (κ2) is 8.35. The summed E-state index contributed by atoms with van der Waals surface area (Å²) in [6.45, 7) is 2.40. The van der Waals surface area contributed by atoms with Gasteiger partial charge in [0.25, 0.3) is 11.8 Å². The summed E-state index contributed by atoms with van der Waals surface area (Å²) in [6.07, 6.45) is 2.62. The molecule has 2 aromatic carbocycles. The van der Waals surface area contributed by atoms with Crippen LogP contribution in [0.4, 0.5) is 5.69 Å². The molecule has 126 valence electrons. The number of aliphatic hydroxyl groups is 2. The number of nitrogens with one attached hydrogen (secondary N) is 1. The zero-order chi connectivity index (χ0) is 17.5. The average molecular weight is 328 g/mol. The summed E-state index contributed by atoms with van der Waals surface area (Å²) < 4.78 is 0. The van der Waals surface area contributed by atoms with E-state index in [4.69, 9.17) is 10.2 Å². The molecule has 0 saturated heterocycles. The molecule has 6 nitrogen and oxygen atoms in total. The number of hydrogen-bond donors (Lipinski definition) is 3. The van der Waals surface area contributed by atoms with Gasteiger partial charge in [-0.25, -0.2) is 4.90 Å². The third kappa shape index (κ3) is 3.86. The summed E-state index contributed by atoms with van der Waals surface area (Å²) in [7, 11) is 0. The van der Waals surface area contributed by atoms with E-state index in [1.807, 2.05) is 43.3 Å². The number of benzene rings is 2. The van der Waals surface area contributed by atoms with Gasteiger partial charge in [-0.05, 0) is 17.9 Å². The zero-order valence-corrected chi connectivity index (χ0v) is 13.4. The second-order valence-electron chi connectivity index (χ2n) is 5.18. The predicted octanol–water partition coefficient (Wildman–Crippen LogP) is 1.10. The molecular formula is C18H20N2O4.